The van der Waals surface area contributed by atoms with Crippen LogP contribution in [0, 0.1) is 17.2 Å². The molecule has 2 unspecified atom stereocenters. The van der Waals surface area contributed by atoms with Gasteiger partial charge >= 0.3 is 0 Å². The number of hydrogen-bond donors (Lipinski definition) is 2. The molecule has 0 radical (unpaired) electrons. The standard InChI is InChI=1S/C19H26FN3O3/c1-19(7-9-26-10-8-19)18(25)22-11-13-3-2-4-15(13)23-17(24)16-6-5-14(20)12-21-16/h5-6,12-13,15H,2-4,7-11H2,1H3,(H,22,25)(H,23,24). The van der Waals surface area contributed by atoms with E-state index in [0.29, 0.717) is 19.8 Å². The zero-order valence-corrected chi connectivity index (χ0v) is 15.1. The first-order valence-corrected chi connectivity index (χ1v) is 9.26. The van der Waals surface area contributed by atoms with Crippen LogP contribution in [-0.4, -0.2) is 42.6 Å². The van der Waals surface area contributed by atoms with E-state index in [9.17, 15) is 14.0 Å². The highest BCUT2D eigenvalue weighted by Gasteiger charge is 2.36. The van der Waals surface area contributed by atoms with Gasteiger partial charge in [0.05, 0.1) is 11.6 Å². The van der Waals surface area contributed by atoms with Gasteiger partial charge in [-0.3, -0.25) is 9.59 Å². The van der Waals surface area contributed by atoms with Gasteiger partial charge in [-0.05, 0) is 43.7 Å². The quantitative estimate of drug-likeness (QED) is 0.839. The van der Waals surface area contributed by atoms with Crippen LogP contribution in [0.1, 0.15) is 49.5 Å². The Hall–Kier alpha value is -2.02. The Morgan fingerprint density at radius 2 is 2.08 bits per heavy atom. The van der Waals surface area contributed by atoms with Crippen LogP contribution in [0.2, 0.25) is 0 Å². The first-order chi connectivity index (χ1) is 12.5. The molecule has 1 saturated heterocycles. The van der Waals surface area contributed by atoms with Crippen LogP contribution >= 0.6 is 0 Å². The summed E-state index contributed by atoms with van der Waals surface area (Å²) in [5.74, 6) is -0.501. The molecule has 1 aliphatic carbocycles. The third-order valence-electron chi connectivity index (χ3n) is 5.60. The number of nitrogens with one attached hydrogen (secondary N) is 2. The maximum atomic E-state index is 12.9. The number of hydrogen-bond acceptors (Lipinski definition) is 4. The van der Waals surface area contributed by atoms with Crippen LogP contribution in [-0.2, 0) is 9.53 Å². The highest BCUT2D eigenvalue weighted by molar-refractivity contribution is 5.92. The molecule has 1 aromatic rings. The van der Waals surface area contributed by atoms with Gasteiger partial charge in [-0.25, -0.2) is 9.37 Å². The number of nitrogens with zero attached hydrogens (tertiary/aromatic N) is 1. The van der Waals surface area contributed by atoms with Crippen molar-refractivity contribution in [3.05, 3.63) is 29.8 Å². The van der Waals surface area contributed by atoms with Gasteiger partial charge in [0, 0.05) is 25.8 Å². The number of amides is 2. The molecule has 2 heterocycles. The number of halogens is 1. The Morgan fingerprint density at radius 1 is 1.31 bits per heavy atom. The van der Waals surface area contributed by atoms with Crippen molar-refractivity contribution in [2.24, 2.45) is 11.3 Å². The van der Waals surface area contributed by atoms with E-state index in [-0.39, 0.29) is 34.9 Å². The second kappa shape index (κ2) is 8.12. The molecule has 2 fully saturated rings. The van der Waals surface area contributed by atoms with Gasteiger partial charge in [-0.2, -0.15) is 0 Å². The van der Waals surface area contributed by atoms with E-state index >= 15 is 0 Å². The molecule has 1 aliphatic heterocycles. The Bertz CT molecular complexity index is 644. The summed E-state index contributed by atoms with van der Waals surface area (Å²) in [7, 11) is 0. The van der Waals surface area contributed by atoms with Crippen molar-refractivity contribution >= 4 is 11.8 Å². The van der Waals surface area contributed by atoms with Crippen molar-refractivity contribution in [1.82, 2.24) is 15.6 Å². The van der Waals surface area contributed by atoms with Crippen molar-refractivity contribution in [2.75, 3.05) is 19.8 Å². The Labute approximate surface area is 152 Å². The summed E-state index contributed by atoms with van der Waals surface area (Å²) in [5.41, 5.74) is -0.163. The number of aromatic nitrogens is 1. The van der Waals surface area contributed by atoms with Crippen molar-refractivity contribution in [1.29, 1.82) is 0 Å². The average molecular weight is 363 g/mol. The zero-order chi connectivity index (χ0) is 18.6. The van der Waals surface area contributed by atoms with Gasteiger partial charge in [0.15, 0.2) is 0 Å². The highest BCUT2D eigenvalue weighted by Crippen LogP contribution is 2.31. The van der Waals surface area contributed by atoms with Crippen LogP contribution in [0.5, 0.6) is 0 Å². The predicted octanol–water partition coefficient (Wildman–Crippen LogP) is 2.05. The number of carbonyl (C=O) groups is 2. The summed E-state index contributed by atoms with van der Waals surface area (Å²) < 4.78 is 18.3. The van der Waals surface area contributed by atoms with Crippen molar-refractivity contribution < 1.29 is 18.7 Å². The lowest BCUT2D eigenvalue weighted by Crippen LogP contribution is -2.47. The summed E-state index contributed by atoms with van der Waals surface area (Å²) >= 11 is 0. The molecule has 2 amide bonds. The van der Waals surface area contributed by atoms with E-state index in [4.69, 9.17) is 4.74 Å². The summed E-state index contributed by atoms with van der Waals surface area (Å²) in [6.07, 6.45) is 5.35. The van der Waals surface area contributed by atoms with Gasteiger partial charge in [-0.15, -0.1) is 0 Å². The first kappa shape index (κ1) is 18.8. The highest BCUT2D eigenvalue weighted by atomic mass is 19.1. The SMILES string of the molecule is CC1(C(=O)NCC2CCCC2NC(=O)c2ccc(F)cn2)CCOCC1. The lowest BCUT2D eigenvalue weighted by atomic mass is 9.81. The second-order valence-electron chi connectivity index (χ2n) is 7.52. The number of ether oxygens (including phenoxy) is 1. The first-order valence-electron chi connectivity index (χ1n) is 9.26. The van der Waals surface area contributed by atoms with Crippen LogP contribution in [0.25, 0.3) is 0 Å². The van der Waals surface area contributed by atoms with E-state index < -0.39 is 5.82 Å². The molecule has 3 rings (SSSR count). The Morgan fingerprint density at radius 3 is 2.77 bits per heavy atom. The van der Waals surface area contributed by atoms with E-state index in [1.165, 1.54) is 12.1 Å². The normalized spacial score (nSPS) is 24.8. The monoisotopic (exact) mass is 363 g/mol. The van der Waals surface area contributed by atoms with Crippen LogP contribution in [0.4, 0.5) is 4.39 Å². The van der Waals surface area contributed by atoms with Crippen molar-refractivity contribution in [2.45, 2.75) is 45.1 Å². The van der Waals surface area contributed by atoms with Gasteiger partial charge in [0.2, 0.25) is 5.91 Å². The molecule has 0 bridgehead atoms. The third kappa shape index (κ3) is 4.38. The van der Waals surface area contributed by atoms with Crippen LogP contribution in [0.15, 0.2) is 18.3 Å². The van der Waals surface area contributed by atoms with Crippen molar-refractivity contribution in [3.63, 3.8) is 0 Å². The summed E-state index contributed by atoms with van der Waals surface area (Å²) in [6.45, 7) is 3.78. The molecule has 26 heavy (non-hydrogen) atoms. The van der Waals surface area contributed by atoms with E-state index in [2.05, 4.69) is 15.6 Å². The lowest BCUT2D eigenvalue weighted by Gasteiger charge is -2.32. The Kier molecular flexibility index (Phi) is 5.86. The molecule has 7 heteroatoms. The van der Waals surface area contributed by atoms with Gasteiger partial charge < -0.3 is 15.4 Å². The summed E-state index contributed by atoms with van der Waals surface area (Å²) in [4.78, 5) is 28.7. The van der Waals surface area contributed by atoms with E-state index in [0.717, 1.165) is 38.3 Å². The van der Waals surface area contributed by atoms with Gasteiger partial charge in [0.25, 0.3) is 5.91 Å². The van der Waals surface area contributed by atoms with Crippen molar-refractivity contribution in [3.8, 4) is 0 Å². The molecule has 1 saturated carbocycles. The maximum Gasteiger partial charge on any atom is 0.270 e. The lowest BCUT2D eigenvalue weighted by molar-refractivity contribution is -0.135. The van der Waals surface area contributed by atoms with Gasteiger partial charge in [-0.1, -0.05) is 13.3 Å². The number of rotatable bonds is 5. The van der Waals surface area contributed by atoms with Gasteiger partial charge in [0.1, 0.15) is 11.5 Å². The largest absolute Gasteiger partial charge is 0.381 e. The van der Waals surface area contributed by atoms with E-state index in [1.807, 2.05) is 6.92 Å². The summed E-state index contributed by atoms with van der Waals surface area (Å²) in [5, 5.41) is 6.06. The molecule has 0 aromatic carbocycles. The fraction of sp³-hybridized carbons (Fsp3) is 0.632. The minimum Gasteiger partial charge on any atom is -0.381 e. The summed E-state index contributed by atoms with van der Waals surface area (Å²) in [6, 6.07) is 2.60. The molecule has 142 valence electrons. The second-order valence-corrected chi connectivity index (χ2v) is 7.52. The number of pyridine rings is 1. The maximum absolute atomic E-state index is 12.9. The fourth-order valence-corrected chi connectivity index (χ4v) is 3.71. The molecule has 1 aromatic heterocycles. The molecule has 6 nitrogen and oxygen atoms in total. The van der Waals surface area contributed by atoms with Crippen LogP contribution < -0.4 is 10.6 Å². The molecule has 2 N–H and O–H groups in total. The van der Waals surface area contributed by atoms with Crippen LogP contribution in [0.3, 0.4) is 0 Å². The minimum atomic E-state index is -0.468. The molecule has 2 aliphatic rings. The topological polar surface area (TPSA) is 80.3 Å². The average Bonchev–Trinajstić information content (AvgIpc) is 3.07. The van der Waals surface area contributed by atoms with E-state index in [1.54, 1.807) is 0 Å². The molecule has 0 spiro atoms. The number of carbonyl (C=O) groups excluding carboxylic acids is 2. The smallest absolute Gasteiger partial charge is 0.270 e. The zero-order valence-electron chi connectivity index (χ0n) is 15.1. The molecule has 2 atom stereocenters. The third-order valence-corrected chi connectivity index (χ3v) is 5.60. The molecular weight excluding hydrogens is 337 g/mol. The predicted molar refractivity (Wildman–Crippen MR) is 94.0 cm³/mol. The fourth-order valence-electron chi connectivity index (χ4n) is 3.71. The molecular formula is C19H26FN3O3. The Balaban J connectivity index is 1.52. The minimum absolute atomic E-state index is 0.00264.